The van der Waals surface area contributed by atoms with E-state index in [1.54, 1.807) is 14.0 Å². The van der Waals surface area contributed by atoms with E-state index in [1.165, 1.54) is 11.0 Å². The number of carbonyl (C=O) groups is 1. The van der Waals surface area contributed by atoms with Gasteiger partial charge in [0.05, 0.1) is 0 Å². The van der Waals surface area contributed by atoms with E-state index in [4.69, 9.17) is 0 Å². The van der Waals surface area contributed by atoms with E-state index in [2.05, 4.69) is 0 Å². The van der Waals surface area contributed by atoms with Crippen molar-refractivity contribution in [3.63, 3.8) is 0 Å². The first-order chi connectivity index (χ1) is 7.04. The van der Waals surface area contributed by atoms with Crippen LogP contribution in [0.3, 0.4) is 0 Å². The fourth-order valence-electron chi connectivity index (χ4n) is 1.27. The summed E-state index contributed by atoms with van der Waals surface area (Å²) < 4.78 is 25.4. The quantitative estimate of drug-likeness (QED) is 0.754. The van der Waals surface area contributed by atoms with Crippen LogP contribution >= 0.6 is 0 Å². The molecule has 0 aliphatic heterocycles. The van der Waals surface area contributed by atoms with E-state index in [1.807, 2.05) is 0 Å². The molecule has 0 unspecified atom stereocenters. The predicted molar refractivity (Wildman–Crippen MR) is 53.1 cm³/mol. The average molecular weight is 213 g/mol. The maximum atomic E-state index is 12.8. The number of benzene rings is 1. The molecule has 0 aliphatic rings. The van der Waals surface area contributed by atoms with Crippen LogP contribution in [0.1, 0.15) is 18.9 Å². The Hall–Kier alpha value is -1.45. The van der Waals surface area contributed by atoms with E-state index in [-0.39, 0.29) is 5.91 Å². The van der Waals surface area contributed by atoms with Gasteiger partial charge in [0.2, 0.25) is 5.91 Å². The Morgan fingerprint density at radius 3 is 2.53 bits per heavy atom. The first kappa shape index (κ1) is 11.6. The zero-order chi connectivity index (χ0) is 11.4. The van der Waals surface area contributed by atoms with Crippen LogP contribution < -0.4 is 0 Å². The number of carbonyl (C=O) groups excluding carboxylic acids is 1. The lowest BCUT2D eigenvalue weighted by molar-refractivity contribution is -0.130. The van der Waals surface area contributed by atoms with Crippen LogP contribution in [-0.4, -0.2) is 17.9 Å². The lowest BCUT2D eigenvalue weighted by atomic mass is 10.2. The minimum Gasteiger partial charge on any atom is -0.341 e. The first-order valence-electron chi connectivity index (χ1n) is 4.72. The number of hydrogen-bond acceptors (Lipinski definition) is 1. The molecule has 1 aromatic rings. The molecule has 1 rings (SSSR count). The van der Waals surface area contributed by atoms with Crippen molar-refractivity contribution in [3.05, 3.63) is 35.4 Å². The molecular formula is C11H13F2NO. The van der Waals surface area contributed by atoms with Gasteiger partial charge in [-0.25, -0.2) is 8.78 Å². The normalized spacial score (nSPS) is 10.1. The van der Waals surface area contributed by atoms with Gasteiger partial charge >= 0.3 is 0 Å². The SMILES string of the molecule is CCC(=O)N(C)Cc1ccc(F)c(F)c1. The van der Waals surface area contributed by atoms with Gasteiger partial charge in [0, 0.05) is 20.0 Å². The maximum absolute atomic E-state index is 12.8. The Kier molecular flexibility index (Phi) is 3.77. The van der Waals surface area contributed by atoms with Crippen LogP contribution in [0.2, 0.25) is 0 Å². The molecule has 4 heteroatoms. The van der Waals surface area contributed by atoms with Crippen LogP contribution in [0.5, 0.6) is 0 Å². The summed E-state index contributed by atoms with van der Waals surface area (Å²) in [7, 11) is 1.63. The molecule has 0 atom stereocenters. The van der Waals surface area contributed by atoms with Crippen molar-refractivity contribution in [3.8, 4) is 0 Å². The van der Waals surface area contributed by atoms with Gasteiger partial charge in [0.15, 0.2) is 11.6 Å². The number of hydrogen-bond donors (Lipinski definition) is 0. The second-order valence-electron chi connectivity index (χ2n) is 3.35. The summed E-state index contributed by atoms with van der Waals surface area (Å²) in [5.74, 6) is -1.78. The van der Waals surface area contributed by atoms with Gasteiger partial charge in [-0.3, -0.25) is 4.79 Å². The smallest absolute Gasteiger partial charge is 0.222 e. The van der Waals surface area contributed by atoms with Crippen molar-refractivity contribution >= 4 is 5.91 Å². The number of nitrogens with zero attached hydrogens (tertiary/aromatic N) is 1. The lowest BCUT2D eigenvalue weighted by Crippen LogP contribution is -2.25. The highest BCUT2D eigenvalue weighted by molar-refractivity contribution is 5.75. The fourth-order valence-corrected chi connectivity index (χ4v) is 1.27. The Balaban J connectivity index is 2.73. The van der Waals surface area contributed by atoms with Crippen molar-refractivity contribution in [2.45, 2.75) is 19.9 Å². The largest absolute Gasteiger partial charge is 0.341 e. The van der Waals surface area contributed by atoms with Crippen LogP contribution in [-0.2, 0) is 11.3 Å². The summed E-state index contributed by atoms with van der Waals surface area (Å²) in [5.41, 5.74) is 0.582. The summed E-state index contributed by atoms with van der Waals surface area (Å²) >= 11 is 0. The van der Waals surface area contributed by atoms with E-state index < -0.39 is 11.6 Å². The molecule has 1 amide bonds. The van der Waals surface area contributed by atoms with E-state index in [0.29, 0.717) is 18.5 Å². The topological polar surface area (TPSA) is 20.3 Å². The van der Waals surface area contributed by atoms with Gasteiger partial charge in [0.25, 0.3) is 0 Å². The molecule has 0 radical (unpaired) electrons. The number of amides is 1. The third kappa shape index (κ3) is 3.01. The molecule has 0 heterocycles. The van der Waals surface area contributed by atoms with Crippen LogP contribution in [0.4, 0.5) is 8.78 Å². The Labute approximate surface area is 87.5 Å². The minimum absolute atomic E-state index is 0.0280. The third-order valence-electron chi connectivity index (χ3n) is 2.13. The second kappa shape index (κ2) is 4.87. The molecule has 15 heavy (non-hydrogen) atoms. The maximum Gasteiger partial charge on any atom is 0.222 e. The summed E-state index contributed by atoms with van der Waals surface area (Å²) in [6.07, 6.45) is 0.403. The highest BCUT2D eigenvalue weighted by atomic mass is 19.2. The monoisotopic (exact) mass is 213 g/mol. The Morgan fingerprint density at radius 2 is 2.00 bits per heavy atom. The molecule has 0 saturated heterocycles. The summed E-state index contributed by atoms with van der Waals surface area (Å²) in [6.45, 7) is 2.05. The van der Waals surface area contributed by atoms with Gasteiger partial charge in [-0.05, 0) is 17.7 Å². The summed E-state index contributed by atoms with van der Waals surface area (Å²) in [5, 5.41) is 0. The van der Waals surface area contributed by atoms with Crippen molar-refractivity contribution in [2.75, 3.05) is 7.05 Å². The van der Waals surface area contributed by atoms with Crippen LogP contribution in [0.25, 0.3) is 0 Å². The molecule has 2 nitrogen and oxygen atoms in total. The fraction of sp³-hybridized carbons (Fsp3) is 0.364. The van der Waals surface area contributed by atoms with Gasteiger partial charge in [-0.2, -0.15) is 0 Å². The predicted octanol–water partition coefficient (Wildman–Crippen LogP) is 2.33. The standard InChI is InChI=1S/C11H13F2NO/c1-3-11(15)14(2)7-8-4-5-9(12)10(13)6-8/h4-6H,3,7H2,1-2H3. The molecule has 82 valence electrons. The molecule has 0 saturated carbocycles. The first-order valence-corrected chi connectivity index (χ1v) is 4.72. The third-order valence-corrected chi connectivity index (χ3v) is 2.13. The molecule has 0 aliphatic carbocycles. The van der Waals surface area contributed by atoms with Gasteiger partial charge in [-0.1, -0.05) is 13.0 Å². The molecule has 0 aromatic heterocycles. The Morgan fingerprint density at radius 1 is 1.33 bits per heavy atom. The van der Waals surface area contributed by atoms with Crippen molar-refractivity contribution < 1.29 is 13.6 Å². The summed E-state index contributed by atoms with van der Waals surface area (Å²) in [4.78, 5) is 12.7. The van der Waals surface area contributed by atoms with Gasteiger partial charge in [0.1, 0.15) is 0 Å². The molecule has 0 N–H and O–H groups in total. The van der Waals surface area contributed by atoms with Crippen LogP contribution in [0.15, 0.2) is 18.2 Å². The Bertz CT molecular complexity index is 366. The molecule has 0 fully saturated rings. The molecule has 1 aromatic carbocycles. The van der Waals surface area contributed by atoms with Crippen molar-refractivity contribution in [2.24, 2.45) is 0 Å². The van der Waals surface area contributed by atoms with Gasteiger partial charge in [-0.15, -0.1) is 0 Å². The van der Waals surface area contributed by atoms with Crippen molar-refractivity contribution in [1.82, 2.24) is 4.90 Å². The second-order valence-corrected chi connectivity index (χ2v) is 3.35. The number of rotatable bonds is 3. The minimum atomic E-state index is -0.884. The van der Waals surface area contributed by atoms with Crippen molar-refractivity contribution in [1.29, 1.82) is 0 Å². The number of halogens is 2. The molecular weight excluding hydrogens is 200 g/mol. The van der Waals surface area contributed by atoms with E-state index in [9.17, 15) is 13.6 Å². The lowest BCUT2D eigenvalue weighted by Gasteiger charge is -2.16. The molecule has 0 spiro atoms. The van der Waals surface area contributed by atoms with Gasteiger partial charge < -0.3 is 4.90 Å². The zero-order valence-corrected chi connectivity index (χ0v) is 8.76. The molecule has 0 bridgehead atoms. The van der Waals surface area contributed by atoms with E-state index in [0.717, 1.165) is 12.1 Å². The highest BCUT2D eigenvalue weighted by Gasteiger charge is 2.08. The average Bonchev–Trinajstić information content (AvgIpc) is 2.22. The van der Waals surface area contributed by atoms with E-state index >= 15 is 0 Å². The highest BCUT2D eigenvalue weighted by Crippen LogP contribution is 2.10. The van der Waals surface area contributed by atoms with Crippen LogP contribution in [0, 0.1) is 11.6 Å². The summed E-state index contributed by atoms with van der Waals surface area (Å²) in [6, 6.07) is 3.64. The zero-order valence-electron chi connectivity index (χ0n) is 8.76.